The van der Waals surface area contributed by atoms with Gasteiger partial charge in [0.05, 0.1) is 19.2 Å². The standard InChI is InChI=1S/C25H26N4O7/c1-27(2)18-11-7-10-17(12-18)24(33)36-15-19(30)21-22(26)28(13-16-8-5-4-6-9-16)25(34)29(23(21)32)14-20(31)35-3/h4-12H,13-15,26H2,1-3H3. The van der Waals surface area contributed by atoms with Gasteiger partial charge in [-0.2, -0.15) is 0 Å². The summed E-state index contributed by atoms with van der Waals surface area (Å²) >= 11 is 0. The van der Waals surface area contributed by atoms with E-state index < -0.39 is 53.5 Å². The number of hydrogen-bond acceptors (Lipinski definition) is 9. The maximum atomic E-state index is 13.0. The number of hydrogen-bond donors (Lipinski definition) is 1. The van der Waals surface area contributed by atoms with Crippen LogP contribution in [0, 0.1) is 0 Å². The molecule has 2 N–H and O–H groups in total. The molecule has 1 aromatic heterocycles. The molecule has 0 aliphatic heterocycles. The molecular formula is C25H26N4O7. The Labute approximate surface area is 206 Å². The van der Waals surface area contributed by atoms with E-state index in [0.717, 1.165) is 17.4 Å². The molecule has 0 spiro atoms. The summed E-state index contributed by atoms with van der Waals surface area (Å²) in [5.41, 5.74) is 5.19. The lowest BCUT2D eigenvalue weighted by molar-refractivity contribution is -0.141. The van der Waals surface area contributed by atoms with Gasteiger partial charge in [-0.3, -0.25) is 19.0 Å². The van der Waals surface area contributed by atoms with Gasteiger partial charge < -0.3 is 20.1 Å². The largest absolute Gasteiger partial charge is 0.468 e. The van der Waals surface area contributed by atoms with Crippen LogP contribution in [0.4, 0.5) is 11.5 Å². The van der Waals surface area contributed by atoms with Crippen LogP contribution in [-0.2, 0) is 27.4 Å². The first-order valence-electron chi connectivity index (χ1n) is 10.9. The summed E-state index contributed by atoms with van der Waals surface area (Å²) in [5, 5.41) is 0. The van der Waals surface area contributed by atoms with Crippen LogP contribution in [0.15, 0.2) is 64.2 Å². The Morgan fingerprint density at radius 2 is 1.67 bits per heavy atom. The van der Waals surface area contributed by atoms with Crippen molar-refractivity contribution in [2.24, 2.45) is 0 Å². The van der Waals surface area contributed by atoms with Crippen molar-refractivity contribution in [3.8, 4) is 0 Å². The van der Waals surface area contributed by atoms with Crippen LogP contribution >= 0.6 is 0 Å². The van der Waals surface area contributed by atoms with Crippen molar-refractivity contribution in [1.29, 1.82) is 0 Å². The highest BCUT2D eigenvalue weighted by Crippen LogP contribution is 2.15. The number of carbonyl (C=O) groups excluding carboxylic acids is 3. The van der Waals surface area contributed by atoms with Crippen LogP contribution in [0.1, 0.15) is 26.3 Å². The van der Waals surface area contributed by atoms with Gasteiger partial charge in [0.2, 0.25) is 5.78 Å². The van der Waals surface area contributed by atoms with Crippen LogP contribution in [-0.4, -0.2) is 54.7 Å². The molecule has 11 nitrogen and oxygen atoms in total. The number of anilines is 2. The molecule has 36 heavy (non-hydrogen) atoms. The first-order chi connectivity index (χ1) is 17.1. The third-order valence-corrected chi connectivity index (χ3v) is 5.38. The first-order valence-corrected chi connectivity index (χ1v) is 10.9. The molecule has 0 aliphatic carbocycles. The highest BCUT2D eigenvalue weighted by atomic mass is 16.5. The smallest absolute Gasteiger partial charge is 0.338 e. The van der Waals surface area contributed by atoms with Gasteiger partial charge in [0.15, 0.2) is 6.61 Å². The van der Waals surface area contributed by atoms with E-state index in [2.05, 4.69) is 4.74 Å². The van der Waals surface area contributed by atoms with E-state index in [4.69, 9.17) is 10.5 Å². The molecule has 11 heteroatoms. The molecule has 0 bridgehead atoms. The number of rotatable bonds is 9. The molecule has 0 radical (unpaired) electrons. The highest BCUT2D eigenvalue weighted by molar-refractivity contribution is 6.02. The SMILES string of the molecule is COC(=O)Cn1c(=O)c(C(=O)COC(=O)c2cccc(N(C)C)c2)c(N)n(Cc2ccccc2)c1=O. The summed E-state index contributed by atoms with van der Waals surface area (Å²) in [4.78, 5) is 65.2. The summed E-state index contributed by atoms with van der Waals surface area (Å²) in [6.07, 6.45) is 0. The molecule has 3 rings (SSSR count). The number of benzene rings is 2. The van der Waals surface area contributed by atoms with Gasteiger partial charge in [0.25, 0.3) is 5.56 Å². The molecule has 2 aromatic carbocycles. The van der Waals surface area contributed by atoms with E-state index >= 15 is 0 Å². The number of Topliss-reactive ketones (excluding diaryl/α,β-unsaturated/α-hetero) is 1. The molecule has 0 fully saturated rings. The highest BCUT2D eigenvalue weighted by Gasteiger charge is 2.25. The Hall–Kier alpha value is -4.67. The Morgan fingerprint density at radius 3 is 2.31 bits per heavy atom. The Bertz CT molecular complexity index is 1410. The lowest BCUT2D eigenvalue weighted by atomic mass is 10.1. The fourth-order valence-corrected chi connectivity index (χ4v) is 3.43. The third kappa shape index (κ3) is 5.69. The molecule has 0 saturated heterocycles. The fourth-order valence-electron chi connectivity index (χ4n) is 3.43. The van der Waals surface area contributed by atoms with E-state index in [1.165, 1.54) is 6.07 Å². The number of ether oxygens (including phenoxy) is 2. The van der Waals surface area contributed by atoms with Crippen LogP contribution in [0.25, 0.3) is 0 Å². The number of esters is 2. The Kier molecular flexibility index (Phi) is 8.05. The molecule has 0 aliphatic rings. The van der Waals surface area contributed by atoms with Gasteiger partial charge in [0, 0.05) is 19.8 Å². The molecule has 0 amide bonds. The summed E-state index contributed by atoms with van der Waals surface area (Å²) in [6, 6.07) is 15.3. The van der Waals surface area contributed by atoms with Gasteiger partial charge in [-0.1, -0.05) is 36.4 Å². The third-order valence-electron chi connectivity index (χ3n) is 5.38. The maximum Gasteiger partial charge on any atom is 0.338 e. The molecule has 0 unspecified atom stereocenters. The number of nitrogen functional groups attached to an aromatic ring is 1. The summed E-state index contributed by atoms with van der Waals surface area (Å²) in [5.74, 6) is -2.96. The van der Waals surface area contributed by atoms with E-state index in [0.29, 0.717) is 10.1 Å². The summed E-state index contributed by atoms with van der Waals surface area (Å²) < 4.78 is 11.3. The molecule has 188 valence electrons. The zero-order valence-electron chi connectivity index (χ0n) is 20.1. The zero-order chi connectivity index (χ0) is 26.4. The van der Waals surface area contributed by atoms with Crippen LogP contribution in [0.3, 0.4) is 0 Å². The van der Waals surface area contributed by atoms with Gasteiger partial charge >= 0.3 is 17.6 Å². The molecular weight excluding hydrogens is 468 g/mol. The second-order valence-corrected chi connectivity index (χ2v) is 8.03. The molecule has 0 saturated carbocycles. The lowest BCUT2D eigenvalue weighted by Crippen LogP contribution is -2.46. The van der Waals surface area contributed by atoms with Crippen molar-refractivity contribution in [2.75, 3.05) is 38.4 Å². The number of aromatic nitrogens is 2. The number of ketones is 1. The summed E-state index contributed by atoms with van der Waals surface area (Å²) in [6.45, 7) is -1.59. The minimum Gasteiger partial charge on any atom is -0.468 e. The van der Waals surface area contributed by atoms with Gasteiger partial charge in [0.1, 0.15) is 17.9 Å². The molecule has 3 aromatic rings. The quantitative estimate of drug-likeness (QED) is 0.339. The molecule has 0 atom stereocenters. The predicted molar refractivity (Wildman–Crippen MR) is 132 cm³/mol. The second-order valence-electron chi connectivity index (χ2n) is 8.03. The summed E-state index contributed by atoms with van der Waals surface area (Å²) in [7, 11) is 4.71. The van der Waals surface area contributed by atoms with Crippen LogP contribution < -0.4 is 21.9 Å². The first kappa shape index (κ1) is 25.9. The van der Waals surface area contributed by atoms with Crippen molar-refractivity contribution in [3.05, 3.63) is 92.1 Å². The minimum absolute atomic E-state index is 0.0651. The van der Waals surface area contributed by atoms with Crippen molar-refractivity contribution in [2.45, 2.75) is 13.1 Å². The maximum absolute atomic E-state index is 13.0. The van der Waals surface area contributed by atoms with Gasteiger partial charge in [-0.05, 0) is 23.8 Å². The number of carbonyl (C=O) groups is 3. The van der Waals surface area contributed by atoms with E-state index in [1.807, 2.05) is 0 Å². The van der Waals surface area contributed by atoms with E-state index in [-0.39, 0.29) is 12.1 Å². The average Bonchev–Trinajstić information content (AvgIpc) is 2.88. The Balaban J connectivity index is 1.97. The lowest BCUT2D eigenvalue weighted by Gasteiger charge is -2.16. The minimum atomic E-state index is -1.08. The van der Waals surface area contributed by atoms with Gasteiger partial charge in [-0.25, -0.2) is 14.2 Å². The predicted octanol–water partition coefficient (Wildman–Crippen LogP) is 0.919. The van der Waals surface area contributed by atoms with Crippen molar-refractivity contribution >= 4 is 29.2 Å². The van der Waals surface area contributed by atoms with E-state index in [9.17, 15) is 24.0 Å². The van der Waals surface area contributed by atoms with Crippen LogP contribution in [0.5, 0.6) is 0 Å². The van der Waals surface area contributed by atoms with Crippen molar-refractivity contribution in [3.63, 3.8) is 0 Å². The van der Waals surface area contributed by atoms with Crippen molar-refractivity contribution in [1.82, 2.24) is 9.13 Å². The number of methoxy groups -OCH3 is 1. The molecule has 1 heterocycles. The Morgan fingerprint density at radius 1 is 0.972 bits per heavy atom. The topological polar surface area (TPSA) is 143 Å². The van der Waals surface area contributed by atoms with Crippen LogP contribution in [0.2, 0.25) is 0 Å². The average molecular weight is 495 g/mol. The second kappa shape index (κ2) is 11.2. The number of nitrogens with two attached hydrogens (primary N) is 1. The zero-order valence-corrected chi connectivity index (χ0v) is 20.1. The monoisotopic (exact) mass is 494 g/mol. The number of nitrogens with zero attached hydrogens (tertiary/aromatic N) is 3. The van der Waals surface area contributed by atoms with Gasteiger partial charge in [-0.15, -0.1) is 0 Å². The van der Waals surface area contributed by atoms with Crippen molar-refractivity contribution < 1.29 is 23.9 Å². The fraction of sp³-hybridized carbons (Fsp3) is 0.240. The normalized spacial score (nSPS) is 10.5. The van der Waals surface area contributed by atoms with E-state index in [1.54, 1.807) is 67.5 Å².